The first-order valence-corrected chi connectivity index (χ1v) is 12.6. The van der Waals surface area contributed by atoms with Crippen molar-refractivity contribution >= 4 is 23.5 Å². The number of halogens is 1. The number of hydrogen-bond acceptors (Lipinski definition) is 4. The van der Waals surface area contributed by atoms with E-state index in [1.807, 2.05) is 41.3 Å². The second-order valence-corrected chi connectivity index (χ2v) is 9.48. The normalized spacial score (nSPS) is 18.7. The molecule has 180 valence electrons. The molecule has 1 heterocycles. The fourth-order valence-electron chi connectivity index (χ4n) is 5.17. The molecule has 5 nitrogen and oxygen atoms in total. The first kappa shape index (κ1) is 24.5. The summed E-state index contributed by atoms with van der Waals surface area (Å²) in [5, 5.41) is 4.43. The van der Waals surface area contributed by atoms with E-state index in [4.69, 9.17) is 16.3 Å². The molecule has 1 aliphatic heterocycles. The van der Waals surface area contributed by atoms with Crippen LogP contribution in [0.3, 0.4) is 0 Å². The van der Waals surface area contributed by atoms with Gasteiger partial charge >= 0.3 is 5.97 Å². The zero-order valence-electron chi connectivity index (χ0n) is 20.0. The van der Waals surface area contributed by atoms with Crippen molar-refractivity contribution in [3.63, 3.8) is 0 Å². The third-order valence-electron chi connectivity index (χ3n) is 6.99. The number of benzene rings is 2. The number of aryl methyl sites for hydroxylation is 1. The van der Waals surface area contributed by atoms with Crippen LogP contribution >= 0.6 is 11.6 Å². The van der Waals surface area contributed by atoms with Gasteiger partial charge in [0.2, 0.25) is 0 Å². The Morgan fingerprint density at radius 1 is 1.15 bits per heavy atom. The van der Waals surface area contributed by atoms with Crippen molar-refractivity contribution in [2.24, 2.45) is 0 Å². The van der Waals surface area contributed by atoms with Gasteiger partial charge in [0.25, 0.3) is 5.91 Å². The number of ether oxygens (including phenoxy) is 1. The number of hydrogen-bond donors (Lipinski definition) is 1. The van der Waals surface area contributed by atoms with Crippen molar-refractivity contribution in [2.75, 3.05) is 13.7 Å². The summed E-state index contributed by atoms with van der Waals surface area (Å²) >= 11 is 6.04. The second-order valence-electron chi connectivity index (χ2n) is 9.04. The number of methoxy groups -OCH3 is 1. The van der Waals surface area contributed by atoms with Gasteiger partial charge in [0.15, 0.2) is 0 Å². The van der Waals surface area contributed by atoms with Crippen LogP contribution in [-0.4, -0.2) is 36.6 Å². The van der Waals surface area contributed by atoms with Crippen molar-refractivity contribution in [3.05, 3.63) is 81.4 Å². The smallest absolute Gasteiger partial charge is 0.307 e. The predicted molar refractivity (Wildman–Crippen MR) is 134 cm³/mol. The van der Waals surface area contributed by atoms with E-state index in [-0.39, 0.29) is 30.5 Å². The Balaban J connectivity index is 1.63. The summed E-state index contributed by atoms with van der Waals surface area (Å²) in [6.07, 6.45) is 5.49. The predicted octanol–water partition coefficient (Wildman–Crippen LogP) is 5.38. The lowest BCUT2D eigenvalue weighted by Gasteiger charge is -2.33. The minimum absolute atomic E-state index is 0.127. The maximum atomic E-state index is 13.5. The Morgan fingerprint density at radius 2 is 1.88 bits per heavy atom. The molecule has 0 aromatic heterocycles. The quantitative estimate of drug-likeness (QED) is 0.489. The molecule has 4 rings (SSSR count). The molecule has 1 aliphatic carbocycles. The van der Waals surface area contributed by atoms with Crippen LogP contribution in [0, 0.1) is 0 Å². The van der Waals surface area contributed by atoms with E-state index in [0.717, 1.165) is 55.2 Å². The van der Waals surface area contributed by atoms with Crippen LogP contribution in [0.1, 0.15) is 61.8 Å². The Morgan fingerprint density at radius 3 is 2.62 bits per heavy atom. The van der Waals surface area contributed by atoms with E-state index in [1.54, 1.807) is 0 Å². The highest BCUT2D eigenvalue weighted by molar-refractivity contribution is 6.30. The van der Waals surface area contributed by atoms with E-state index in [9.17, 15) is 9.59 Å². The van der Waals surface area contributed by atoms with Crippen molar-refractivity contribution in [1.82, 2.24) is 10.2 Å². The average molecular weight is 481 g/mol. The summed E-state index contributed by atoms with van der Waals surface area (Å²) in [4.78, 5) is 27.8. The number of carbonyl (C=O) groups is 2. The molecule has 0 spiro atoms. The van der Waals surface area contributed by atoms with E-state index in [0.29, 0.717) is 11.6 Å². The minimum Gasteiger partial charge on any atom is -0.469 e. The maximum Gasteiger partial charge on any atom is 0.307 e. The highest BCUT2D eigenvalue weighted by Gasteiger charge is 2.40. The standard InChI is InChI=1S/C28H33ClN2O3/c1-3-20-8-4-5-9-22(20)25(18-26(32)34-2)30-27-23-10-6-7-11-24(23)28(33)31(27)17-16-19-12-14-21(29)15-13-19/h4-5,8-9,12-15,25,27,30H,3,6-7,10-11,16-18H2,1-2H3/t25-,27+/m0/s1. The van der Waals surface area contributed by atoms with Crippen LogP contribution in [0.25, 0.3) is 0 Å². The summed E-state index contributed by atoms with van der Waals surface area (Å²) in [6.45, 7) is 2.72. The molecule has 1 amide bonds. The van der Waals surface area contributed by atoms with Gasteiger partial charge in [0.05, 0.1) is 13.5 Å². The molecule has 34 heavy (non-hydrogen) atoms. The third-order valence-corrected chi connectivity index (χ3v) is 7.25. The van der Waals surface area contributed by atoms with Gasteiger partial charge in [-0.25, -0.2) is 0 Å². The van der Waals surface area contributed by atoms with Crippen molar-refractivity contribution < 1.29 is 14.3 Å². The van der Waals surface area contributed by atoms with E-state index < -0.39 is 0 Å². The summed E-state index contributed by atoms with van der Waals surface area (Å²) in [7, 11) is 1.42. The summed E-state index contributed by atoms with van der Waals surface area (Å²) in [6, 6.07) is 15.8. The monoisotopic (exact) mass is 480 g/mol. The topological polar surface area (TPSA) is 58.6 Å². The van der Waals surface area contributed by atoms with Crippen LogP contribution in [0.15, 0.2) is 59.7 Å². The lowest BCUT2D eigenvalue weighted by atomic mass is 9.91. The van der Waals surface area contributed by atoms with Gasteiger partial charge in [-0.1, -0.05) is 54.9 Å². The number of carbonyl (C=O) groups excluding carboxylic acids is 2. The zero-order valence-corrected chi connectivity index (χ0v) is 20.7. The molecule has 6 heteroatoms. The Bertz CT molecular complexity index is 1060. The molecule has 2 atom stereocenters. The number of nitrogens with zero attached hydrogens (tertiary/aromatic N) is 1. The molecule has 2 aromatic carbocycles. The molecule has 2 aliphatic rings. The lowest BCUT2D eigenvalue weighted by molar-refractivity contribution is -0.141. The first-order valence-electron chi connectivity index (χ1n) is 12.2. The van der Waals surface area contributed by atoms with Crippen molar-refractivity contribution in [2.45, 2.75) is 64.1 Å². The van der Waals surface area contributed by atoms with E-state index in [2.05, 4.69) is 24.4 Å². The Kier molecular flexibility index (Phi) is 8.07. The molecule has 0 unspecified atom stereocenters. The van der Waals surface area contributed by atoms with Crippen LogP contribution in [0.4, 0.5) is 0 Å². The molecule has 0 saturated heterocycles. The summed E-state index contributed by atoms with van der Waals surface area (Å²) < 4.78 is 5.03. The number of nitrogens with one attached hydrogen (secondary N) is 1. The molecule has 0 radical (unpaired) electrons. The number of amides is 1. The highest BCUT2D eigenvalue weighted by atomic mass is 35.5. The third kappa shape index (κ3) is 5.37. The zero-order chi connectivity index (χ0) is 24.1. The molecule has 0 bridgehead atoms. The van der Waals surface area contributed by atoms with Gasteiger partial charge in [0, 0.05) is 23.2 Å². The second kappa shape index (κ2) is 11.2. The van der Waals surface area contributed by atoms with Gasteiger partial charge in [-0.2, -0.15) is 0 Å². The first-order chi connectivity index (χ1) is 16.5. The fraction of sp³-hybridized carbons (Fsp3) is 0.429. The van der Waals surface area contributed by atoms with Crippen LogP contribution in [0.5, 0.6) is 0 Å². The van der Waals surface area contributed by atoms with Crippen LogP contribution < -0.4 is 5.32 Å². The summed E-state index contributed by atoms with van der Waals surface area (Å²) in [5.41, 5.74) is 5.57. The van der Waals surface area contributed by atoms with E-state index in [1.165, 1.54) is 18.2 Å². The van der Waals surface area contributed by atoms with E-state index >= 15 is 0 Å². The molecule has 1 N–H and O–H groups in total. The SMILES string of the molecule is CCc1ccccc1[C@H](CC(=O)OC)N[C@H]1C2=C(CCCC2)C(=O)N1CCc1ccc(Cl)cc1. The van der Waals surface area contributed by atoms with Gasteiger partial charge < -0.3 is 9.64 Å². The fourth-order valence-corrected chi connectivity index (χ4v) is 5.30. The molecule has 0 saturated carbocycles. The van der Waals surface area contributed by atoms with Crippen molar-refractivity contribution in [1.29, 1.82) is 0 Å². The Hall–Kier alpha value is -2.63. The van der Waals surface area contributed by atoms with Gasteiger partial charge in [0.1, 0.15) is 6.17 Å². The summed E-state index contributed by atoms with van der Waals surface area (Å²) in [5.74, 6) is -0.139. The Labute approximate surface area is 207 Å². The number of rotatable bonds is 9. The average Bonchev–Trinajstić information content (AvgIpc) is 3.13. The molecule has 2 aromatic rings. The highest BCUT2D eigenvalue weighted by Crippen LogP contribution is 2.37. The van der Waals surface area contributed by atoms with Gasteiger partial charge in [-0.05, 0) is 72.9 Å². The van der Waals surface area contributed by atoms with Gasteiger partial charge in [-0.15, -0.1) is 0 Å². The molecular weight excluding hydrogens is 448 g/mol. The molecule has 0 fully saturated rings. The van der Waals surface area contributed by atoms with Crippen LogP contribution in [0.2, 0.25) is 5.02 Å². The van der Waals surface area contributed by atoms with Gasteiger partial charge in [-0.3, -0.25) is 14.9 Å². The van der Waals surface area contributed by atoms with Crippen molar-refractivity contribution in [3.8, 4) is 0 Å². The maximum absolute atomic E-state index is 13.5. The minimum atomic E-state index is -0.265. The lowest BCUT2D eigenvalue weighted by Crippen LogP contribution is -2.48. The number of esters is 1. The molecular formula is C28H33ClN2O3. The largest absolute Gasteiger partial charge is 0.469 e. The van der Waals surface area contributed by atoms with Crippen LogP contribution in [-0.2, 0) is 27.2 Å².